The fourth-order valence-electron chi connectivity index (χ4n) is 1.97. The van der Waals surface area contributed by atoms with Gasteiger partial charge in [0.15, 0.2) is 0 Å². The first-order valence-corrected chi connectivity index (χ1v) is 6.66. The highest BCUT2D eigenvalue weighted by Gasteiger charge is 2.12. The molecule has 0 atom stereocenters. The van der Waals surface area contributed by atoms with E-state index in [-0.39, 0.29) is 5.82 Å². The zero-order valence-electron chi connectivity index (χ0n) is 10.3. The van der Waals surface area contributed by atoms with Crippen molar-refractivity contribution in [3.8, 4) is 16.9 Å². The lowest BCUT2D eigenvalue weighted by atomic mass is 10.2. The minimum Gasteiger partial charge on any atom is -0.384 e. The molecular formula is C14H10BrFN4. The van der Waals surface area contributed by atoms with Crippen LogP contribution < -0.4 is 5.73 Å². The molecule has 100 valence electrons. The van der Waals surface area contributed by atoms with Gasteiger partial charge in [-0.3, -0.25) is 0 Å². The Morgan fingerprint density at radius 3 is 2.85 bits per heavy atom. The third-order valence-electron chi connectivity index (χ3n) is 2.85. The van der Waals surface area contributed by atoms with Crippen molar-refractivity contribution in [2.45, 2.75) is 0 Å². The van der Waals surface area contributed by atoms with Crippen LogP contribution in [0.1, 0.15) is 0 Å². The topological polar surface area (TPSA) is 56.7 Å². The summed E-state index contributed by atoms with van der Waals surface area (Å²) in [6, 6.07) is 9.84. The number of pyridine rings is 1. The second kappa shape index (κ2) is 5.05. The maximum Gasteiger partial charge on any atom is 0.125 e. The summed E-state index contributed by atoms with van der Waals surface area (Å²) in [5, 5.41) is 4.24. The van der Waals surface area contributed by atoms with Crippen LogP contribution in [0.15, 0.2) is 53.3 Å². The standard InChI is InChI=1S/C14H10BrFN4/c15-12-8-18-14(17)7-11(12)13-4-5-19-20(13)10-3-1-2-9(16)6-10/h1-8H,(H2,17,18). The molecule has 20 heavy (non-hydrogen) atoms. The molecule has 6 heteroatoms. The van der Waals surface area contributed by atoms with E-state index in [0.717, 1.165) is 15.7 Å². The Balaban J connectivity index is 2.18. The molecule has 0 aliphatic rings. The van der Waals surface area contributed by atoms with Crippen LogP contribution in [-0.2, 0) is 0 Å². The number of benzene rings is 1. The summed E-state index contributed by atoms with van der Waals surface area (Å²) in [6.45, 7) is 0. The highest BCUT2D eigenvalue weighted by molar-refractivity contribution is 9.10. The predicted octanol–water partition coefficient (Wildman–Crippen LogP) is 3.42. The van der Waals surface area contributed by atoms with Gasteiger partial charge in [0.1, 0.15) is 11.6 Å². The molecule has 3 rings (SSSR count). The van der Waals surface area contributed by atoms with Crippen LogP contribution >= 0.6 is 15.9 Å². The van der Waals surface area contributed by atoms with Crippen molar-refractivity contribution < 1.29 is 4.39 Å². The molecule has 0 spiro atoms. The Bertz CT molecular complexity index is 769. The largest absolute Gasteiger partial charge is 0.384 e. The van der Waals surface area contributed by atoms with Crippen molar-refractivity contribution in [2.24, 2.45) is 0 Å². The number of nitrogen functional groups attached to an aromatic ring is 1. The molecule has 0 aliphatic carbocycles. The number of anilines is 1. The average molecular weight is 333 g/mol. The van der Waals surface area contributed by atoms with E-state index in [1.807, 2.05) is 6.07 Å². The smallest absolute Gasteiger partial charge is 0.125 e. The van der Waals surface area contributed by atoms with Crippen LogP contribution in [-0.4, -0.2) is 14.8 Å². The average Bonchev–Trinajstić information content (AvgIpc) is 2.90. The van der Waals surface area contributed by atoms with Gasteiger partial charge in [-0.25, -0.2) is 14.1 Å². The first-order chi connectivity index (χ1) is 9.65. The molecule has 0 fully saturated rings. The number of aromatic nitrogens is 3. The highest BCUT2D eigenvalue weighted by Crippen LogP contribution is 2.30. The minimum atomic E-state index is -0.308. The number of hydrogen-bond donors (Lipinski definition) is 1. The quantitative estimate of drug-likeness (QED) is 0.782. The molecule has 4 nitrogen and oxygen atoms in total. The van der Waals surface area contributed by atoms with Gasteiger partial charge < -0.3 is 5.73 Å². The fourth-order valence-corrected chi connectivity index (χ4v) is 2.39. The number of rotatable bonds is 2. The molecule has 1 aromatic carbocycles. The van der Waals surface area contributed by atoms with Gasteiger partial charge in [0.2, 0.25) is 0 Å². The summed E-state index contributed by atoms with van der Waals surface area (Å²) in [4.78, 5) is 4.01. The molecule has 2 heterocycles. The van der Waals surface area contributed by atoms with Crippen LogP contribution in [0.5, 0.6) is 0 Å². The second-order valence-electron chi connectivity index (χ2n) is 4.20. The fraction of sp³-hybridized carbons (Fsp3) is 0. The van der Waals surface area contributed by atoms with Crippen molar-refractivity contribution in [1.29, 1.82) is 0 Å². The van der Waals surface area contributed by atoms with E-state index >= 15 is 0 Å². The number of hydrogen-bond acceptors (Lipinski definition) is 3. The van der Waals surface area contributed by atoms with Crippen LogP contribution in [0.25, 0.3) is 16.9 Å². The molecule has 0 radical (unpaired) electrons. The summed E-state index contributed by atoms with van der Waals surface area (Å²) in [5.41, 5.74) is 8.02. The Hall–Kier alpha value is -2.21. The van der Waals surface area contributed by atoms with E-state index in [4.69, 9.17) is 5.73 Å². The number of nitrogens with two attached hydrogens (primary N) is 1. The lowest BCUT2D eigenvalue weighted by Gasteiger charge is -2.09. The van der Waals surface area contributed by atoms with Crippen LogP contribution in [0.2, 0.25) is 0 Å². The molecule has 0 amide bonds. The Morgan fingerprint density at radius 1 is 1.20 bits per heavy atom. The summed E-state index contributed by atoms with van der Waals surface area (Å²) >= 11 is 3.44. The zero-order valence-corrected chi connectivity index (χ0v) is 11.9. The molecule has 2 aromatic heterocycles. The SMILES string of the molecule is Nc1cc(-c2ccnn2-c2cccc(F)c2)c(Br)cn1. The third-order valence-corrected chi connectivity index (χ3v) is 3.48. The van der Waals surface area contributed by atoms with Gasteiger partial charge in [-0.2, -0.15) is 5.10 Å². The van der Waals surface area contributed by atoms with Gasteiger partial charge in [-0.1, -0.05) is 6.07 Å². The Kier molecular flexibility index (Phi) is 3.23. The molecular weight excluding hydrogens is 323 g/mol. The van der Waals surface area contributed by atoms with Crippen molar-refractivity contribution in [3.63, 3.8) is 0 Å². The summed E-state index contributed by atoms with van der Waals surface area (Å²) in [5.74, 6) is 0.104. The van der Waals surface area contributed by atoms with Gasteiger partial charge in [0, 0.05) is 16.2 Å². The molecule has 0 bridgehead atoms. The monoisotopic (exact) mass is 332 g/mol. The molecule has 0 unspecified atom stereocenters. The van der Waals surface area contributed by atoms with E-state index in [1.54, 1.807) is 35.3 Å². The van der Waals surface area contributed by atoms with Gasteiger partial charge in [0.25, 0.3) is 0 Å². The second-order valence-corrected chi connectivity index (χ2v) is 5.05. The molecule has 2 N–H and O–H groups in total. The van der Waals surface area contributed by atoms with Crippen molar-refractivity contribution in [2.75, 3.05) is 5.73 Å². The van der Waals surface area contributed by atoms with E-state index in [9.17, 15) is 4.39 Å². The Labute approximate surface area is 123 Å². The first kappa shape index (κ1) is 12.8. The molecule has 0 aliphatic heterocycles. The van der Waals surface area contributed by atoms with Crippen molar-refractivity contribution in [1.82, 2.24) is 14.8 Å². The van der Waals surface area contributed by atoms with Crippen LogP contribution in [0.3, 0.4) is 0 Å². The highest BCUT2D eigenvalue weighted by atomic mass is 79.9. The first-order valence-electron chi connectivity index (χ1n) is 5.86. The molecule has 3 aromatic rings. The van der Waals surface area contributed by atoms with E-state index in [0.29, 0.717) is 11.5 Å². The van der Waals surface area contributed by atoms with Crippen molar-refractivity contribution >= 4 is 21.7 Å². The van der Waals surface area contributed by atoms with E-state index in [1.165, 1.54) is 12.1 Å². The van der Waals surface area contributed by atoms with Gasteiger partial charge >= 0.3 is 0 Å². The Morgan fingerprint density at radius 2 is 2.05 bits per heavy atom. The summed E-state index contributed by atoms with van der Waals surface area (Å²) in [7, 11) is 0. The third kappa shape index (κ3) is 2.30. The van der Waals surface area contributed by atoms with Gasteiger partial charge in [-0.05, 0) is 46.3 Å². The summed E-state index contributed by atoms with van der Waals surface area (Å²) in [6.07, 6.45) is 3.29. The lowest BCUT2D eigenvalue weighted by Crippen LogP contribution is -2.00. The number of halogens is 2. The van der Waals surface area contributed by atoms with Crippen LogP contribution in [0, 0.1) is 5.82 Å². The van der Waals surface area contributed by atoms with E-state index < -0.39 is 0 Å². The maximum absolute atomic E-state index is 13.4. The zero-order chi connectivity index (χ0) is 14.1. The van der Waals surface area contributed by atoms with Gasteiger partial charge in [0.05, 0.1) is 17.6 Å². The van der Waals surface area contributed by atoms with Gasteiger partial charge in [-0.15, -0.1) is 0 Å². The maximum atomic E-state index is 13.4. The normalized spacial score (nSPS) is 10.7. The lowest BCUT2D eigenvalue weighted by molar-refractivity contribution is 0.625. The minimum absolute atomic E-state index is 0.308. The molecule has 0 saturated carbocycles. The van der Waals surface area contributed by atoms with Crippen LogP contribution in [0.4, 0.5) is 10.2 Å². The number of nitrogens with zero attached hydrogens (tertiary/aromatic N) is 3. The van der Waals surface area contributed by atoms with Crippen molar-refractivity contribution in [3.05, 3.63) is 59.1 Å². The molecule has 0 saturated heterocycles. The predicted molar refractivity (Wildman–Crippen MR) is 78.9 cm³/mol. The summed E-state index contributed by atoms with van der Waals surface area (Å²) < 4.78 is 15.8. The van der Waals surface area contributed by atoms with E-state index in [2.05, 4.69) is 26.0 Å².